The number of ketones is 2. The van der Waals surface area contributed by atoms with E-state index in [0.717, 1.165) is 37.7 Å². The van der Waals surface area contributed by atoms with Gasteiger partial charge in [0, 0.05) is 6.42 Å². The SMILES string of the molecule is CC1=CC(=O)[C@@]2(CCCCC2=O)CC1. The maximum absolute atomic E-state index is 11.9. The lowest BCUT2D eigenvalue weighted by Gasteiger charge is -2.36. The van der Waals surface area contributed by atoms with E-state index in [2.05, 4.69) is 0 Å². The van der Waals surface area contributed by atoms with Crippen LogP contribution in [0.5, 0.6) is 0 Å². The Hall–Kier alpha value is -0.920. The summed E-state index contributed by atoms with van der Waals surface area (Å²) in [5.74, 6) is 0.267. The maximum Gasteiger partial charge on any atom is 0.169 e. The van der Waals surface area contributed by atoms with Crippen LogP contribution in [0, 0.1) is 5.41 Å². The Kier molecular flexibility index (Phi) is 2.30. The Morgan fingerprint density at radius 1 is 1.14 bits per heavy atom. The fourth-order valence-electron chi connectivity index (χ4n) is 2.58. The molecule has 1 spiro atoms. The van der Waals surface area contributed by atoms with Gasteiger partial charge in [-0.25, -0.2) is 0 Å². The summed E-state index contributed by atoms with van der Waals surface area (Å²) in [5, 5.41) is 0. The van der Waals surface area contributed by atoms with Crippen molar-refractivity contribution in [2.24, 2.45) is 5.41 Å². The lowest BCUT2D eigenvalue weighted by Crippen LogP contribution is -2.42. The summed E-state index contributed by atoms with van der Waals surface area (Å²) >= 11 is 0. The fourth-order valence-corrected chi connectivity index (χ4v) is 2.58. The van der Waals surface area contributed by atoms with Gasteiger partial charge in [0.25, 0.3) is 0 Å². The molecule has 0 amide bonds. The minimum Gasteiger partial charge on any atom is -0.299 e. The van der Waals surface area contributed by atoms with Gasteiger partial charge in [-0.15, -0.1) is 0 Å². The monoisotopic (exact) mass is 192 g/mol. The molecule has 0 unspecified atom stereocenters. The molecule has 1 saturated carbocycles. The van der Waals surface area contributed by atoms with Crippen molar-refractivity contribution in [1.82, 2.24) is 0 Å². The molecule has 1 atom stereocenters. The first-order valence-corrected chi connectivity index (χ1v) is 5.40. The number of carbonyl (C=O) groups excluding carboxylic acids is 2. The molecule has 0 aliphatic heterocycles. The largest absolute Gasteiger partial charge is 0.299 e. The molecule has 0 N–H and O–H groups in total. The van der Waals surface area contributed by atoms with Crippen molar-refractivity contribution in [3.8, 4) is 0 Å². The van der Waals surface area contributed by atoms with E-state index < -0.39 is 5.41 Å². The second-order valence-corrected chi connectivity index (χ2v) is 4.57. The van der Waals surface area contributed by atoms with Crippen LogP contribution in [0.15, 0.2) is 11.6 Å². The number of hydrogen-bond donors (Lipinski definition) is 0. The molecule has 1 fully saturated rings. The molecule has 0 radical (unpaired) electrons. The van der Waals surface area contributed by atoms with Crippen molar-refractivity contribution < 1.29 is 9.59 Å². The van der Waals surface area contributed by atoms with E-state index in [9.17, 15) is 9.59 Å². The first-order valence-electron chi connectivity index (χ1n) is 5.40. The molecule has 0 heterocycles. The molecule has 2 aliphatic rings. The first kappa shape index (κ1) is 9.63. The Morgan fingerprint density at radius 2 is 1.93 bits per heavy atom. The van der Waals surface area contributed by atoms with Gasteiger partial charge in [-0.3, -0.25) is 9.59 Å². The molecular formula is C12H16O2. The van der Waals surface area contributed by atoms with Gasteiger partial charge in [-0.2, -0.15) is 0 Å². The summed E-state index contributed by atoms with van der Waals surface area (Å²) in [6.45, 7) is 1.97. The summed E-state index contributed by atoms with van der Waals surface area (Å²) in [4.78, 5) is 23.7. The topological polar surface area (TPSA) is 34.1 Å². The normalized spacial score (nSPS) is 33.4. The minimum atomic E-state index is -0.599. The second-order valence-electron chi connectivity index (χ2n) is 4.57. The van der Waals surface area contributed by atoms with Gasteiger partial charge >= 0.3 is 0 Å². The summed E-state index contributed by atoms with van der Waals surface area (Å²) < 4.78 is 0. The summed E-state index contributed by atoms with van der Waals surface area (Å²) in [5.41, 5.74) is 0.525. The zero-order chi connectivity index (χ0) is 10.2. The summed E-state index contributed by atoms with van der Waals surface area (Å²) in [6.07, 6.45) is 6.76. The van der Waals surface area contributed by atoms with Gasteiger partial charge in [0.15, 0.2) is 5.78 Å². The Balaban J connectivity index is 2.31. The molecule has 0 bridgehead atoms. The van der Waals surface area contributed by atoms with Crippen LogP contribution in [0.3, 0.4) is 0 Å². The minimum absolute atomic E-state index is 0.0750. The van der Waals surface area contributed by atoms with Crippen LogP contribution in [-0.4, -0.2) is 11.6 Å². The third-order valence-electron chi connectivity index (χ3n) is 3.59. The Labute approximate surface area is 84.4 Å². The van der Waals surface area contributed by atoms with Crippen molar-refractivity contribution >= 4 is 11.6 Å². The standard InChI is InChI=1S/C12H16O2/c1-9-5-7-12(11(14)8-9)6-3-2-4-10(12)13/h8H,2-7H2,1H3/t12-/m0/s1. The zero-order valence-electron chi connectivity index (χ0n) is 8.64. The van der Waals surface area contributed by atoms with Crippen LogP contribution >= 0.6 is 0 Å². The Bertz CT molecular complexity index is 314. The third kappa shape index (κ3) is 1.33. The van der Waals surface area contributed by atoms with Crippen LogP contribution in [-0.2, 0) is 9.59 Å². The van der Waals surface area contributed by atoms with Crippen LogP contribution in [0.1, 0.15) is 45.4 Å². The molecule has 14 heavy (non-hydrogen) atoms. The van der Waals surface area contributed by atoms with Gasteiger partial charge in [-0.05, 0) is 38.7 Å². The maximum atomic E-state index is 11.9. The van der Waals surface area contributed by atoms with E-state index in [-0.39, 0.29) is 11.6 Å². The second kappa shape index (κ2) is 3.34. The lowest BCUT2D eigenvalue weighted by atomic mass is 9.64. The quantitative estimate of drug-likeness (QED) is 0.552. The van der Waals surface area contributed by atoms with Crippen LogP contribution in [0.4, 0.5) is 0 Å². The van der Waals surface area contributed by atoms with Crippen molar-refractivity contribution in [3.63, 3.8) is 0 Å². The molecule has 0 aromatic rings. The van der Waals surface area contributed by atoms with Gasteiger partial charge in [0.1, 0.15) is 5.78 Å². The predicted octanol–water partition coefficient (Wildman–Crippen LogP) is 2.43. The van der Waals surface area contributed by atoms with E-state index in [4.69, 9.17) is 0 Å². The molecule has 76 valence electrons. The van der Waals surface area contributed by atoms with Gasteiger partial charge in [0.05, 0.1) is 5.41 Å². The highest BCUT2D eigenvalue weighted by Gasteiger charge is 2.46. The molecule has 2 rings (SSSR count). The summed E-state index contributed by atoms with van der Waals surface area (Å²) in [6, 6.07) is 0. The average Bonchev–Trinajstić information content (AvgIpc) is 2.15. The number of hydrogen-bond acceptors (Lipinski definition) is 2. The Morgan fingerprint density at radius 3 is 2.57 bits per heavy atom. The first-order chi connectivity index (χ1) is 6.65. The van der Waals surface area contributed by atoms with E-state index in [1.807, 2.05) is 6.92 Å². The summed E-state index contributed by atoms with van der Waals surface area (Å²) in [7, 11) is 0. The molecular weight excluding hydrogens is 176 g/mol. The molecule has 0 aromatic heterocycles. The van der Waals surface area contributed by atoms with E-state index >= 15 is 0 Å². The zero-order valence-corrected chi connectivity index (χ0v) is 8.64. The highest BCUT2D eigenvalue weighted by Crippen LogP contribution is 2.42. The highest BCUT2D eigenvalue weighted by atomic mass is 16.2. The smallest absolute Gasteiger partial charge is 0.169 e. The number of carbonyl (C=O) groups is 2. The van der Waals surface area contributed by atoms with Crippen molar-refractivity contribution in [2.75, 3.05) is 0 Å². The molecule has 2 aliphatic carbocycles. The van der Waals surface area contributed by atoms with E-state index in [1.54, 1.807) is 6.08 Å². The average molecular weight is 192 g/mol. The van der Waals surface area contributed by atoms with Crippen LogP contribution in [0.25, 0.3) is 0 Å². The van der Waals surface area contributed by atoms with E-state index in [1.165, 1.54) is 0 Å². The van der Waals surface area contributed by atoms with E-state index in [0.29, 0.717) is 6.42 Å². The lowest BCUT2D eigenvalue weighted by molar-refractivity contribution is -0.141. The highest BCUT2D eigenvalue weighted by molar-refractivity contribution is 6.12. The predicted molar refractivity (Wildman–Crippen MR) is 53.9 cm³/mol. The molecule has 0 saturated heterocycles. The van der Waals surface area contributed by atoms with Crippen LogP contribution < -0.4 is 0 Å². The molecule has 2 heteroatoms. The van der Waals surface area contributed by atoms with Crippen molar-refractivity contribution in [2.45, 2.75) is 45.4 Å². The van der Waals surface area contributed by atoms with Gasteiger partial charge < -0.3 is 0 Å². The fraction of sp³-hybridized carbons (Fsp3) is 0.667. The molecule has 0 aromatic carbocycles. The van der Waals surface area contributed by atoms with Gasteiger partial charge in [-0.1, -0.05) is 12.0 Å². The number of rotatable bonds is 0. The van der Waals surface area contributed by atoms with Gasteiger partial charge in [0.2, 0.25) is 0 Å². The van der Waals surface area contributed by atoms with Crippen molar-refractivity contribution in [1.29, 1.82) is 0 Å². The van der Waals surface area contributed by atoms with Crippen molar-refractivity contribution in [3.05, 3.63) is 11.6 Å². The van der Waals surface area contributed by atoms with Crippen LogP contribution in [0.2, 0.25) is 0 Å². The third-order valence-corrected chi connectivity index (χ3v) is 3.59. The number of Topliss-reactive ketones (excluding diaryl/α,β-unsaturated/α-hetero) is 1. The number of allylic oxidation sites excluding steroid dienone is 2. The molecule has 2 nitrogen and oxygen atoms in total.